The zero-order valence-electron chi connectivity index (χ0n) is 24.1. The number of carbonyl (C=O) groups excluding carboxylic acids is 1. The molecule has 0 aliphatic carbocycles. The lowest BCUT2D eigenvalue weighted by Gasteiger charge is -2.26. The lowest BCUT2D eigenvalue weighted by atomic mass is 9.99. The molecule has 0 spiro atoms. The molecule has 0 aliphatic heterocycles. The highest BCUT2D eigenvalue weighted by atomic mass is 32.1. The van der Waals surface area contributed by atoms with E-state index in [0.29, 0.717) is 22.7 Å². The minimum Gasteiger partial charge on any atom is -0.390 e. The molecular formula is C33H41F2N3O2S. The number of amides is 1. The molecule has 0 saturated carbocycles. The van der Waals surface area contributed by atoms with Crippen LogP contribution >= 0.6 is 12.2 Å². The molecule has 0 fully saturated rings. The van der Waals surface area contributed by atoms with E-state index >= 15 is 0 Å². The number of aryl methyl sites for hydroxylation is 1. The number of aliphatic hydroxyl groups excluding tert-OH is 1. The fraction of sp³-hybridized carbons (Fsp3) is 0.394. The summed E-state index contributed by atoms with van der Waals surface area (Å²) in [6.45, 7) is 8.66. The first kappa shape index (κ1) is 32.3. The Kier molecular flexibility index (Phi) is 12.8. The van der Waals surface area contributed by atoms with Crippen LogP contribution in [0.15, 0.2) is 66.7 Å². The summed E-state index contributed by atoms with van der Waals surface area (Å²) in [4.78, 5) is 16.2. The Balaban J connectivity index is 1.76. The Bertz CT molecular complexity index is 1280. The van der Waals surface area contributed by atoms with Crippen LogP contribution in [0, 0.1) is 11.6 Å². The molecule has 220 valence electrons. The van der Waals surface area contributed by atoms with Gasteiger partial charge in [0, 0.05) is 43.4 Å². The van der Waals surface area contributed by atoms with Crippen molar-refractivity contribution in [3.05, 3.63) is 106 Å². The molecule has 0 aliphatic rings. The summed E-state index contributed by atoms with van der Waals surface area (Å²) in [6.07, 6.45) is 1.87. The monoisotopic (exact) mass is 581 g/mol. The summed E-state index contributed by atoms with van der Waals surface area (Å²) in [5, 5.41) is 17.3. The van der Waals surface area contributed by atoms with Crippen LogP contribution in [0.4, 0.5) is 8.78 Å². The Hall–Kier alpha value is -3.20. The van der Waals surface area contributed by atoms with Crippen LogP contribution in [-0.2, 0) is 19.4 Å². The van der Waals surface area contributed by atoms with Crippen molar-refractivity contribution in [1.82, 2.24) is 15.5 Å². The van der Waals surface area contributed by atoms with Gasteiger partial charge in [0.25, 0.3) is 5.91 Å². The van der Waals surface area contributed by atoms with Gasteiger partial charge in [0.2, 0.25) is 0 Å². The maximum atomic E-state index is 13.9. The standard InChI is InChI=1S/C33H41F2N3O2S/c1-4-13-38(14-5-2)33(41)27-12-8-11-26(19-27)32(40)37-30(18-25-16-28(34)20-29(35)17-25)31(39)22-36-21-24-10-7-9-23(6-3)15-24/h7-12,15-17,19-20,30-31,36,39H,4-6,13-14,18,21-22H2,1-3H3,(H,37,40)/t30-,31+/m0/s1. The van der Waals surface area contributed by atoms with E-state index in [1.807, 2.05) is 18.2 Å². The van der Waals surface area contributed by atoms with E-state index in [0.717, 1.165) is 49.5 Å². The van der Waals surface area contributed by atoms with Gasteiger partial charge in [-0.2, -0.15) is 0 Å². The van der Waals surface area contributed by atoms with E-state index in [2.05, 4.69) is 48.4 Å². The molecule has 0 aromatic heterocycles. The first-order valence-corrected chi connectivity index (χ1v) is 14.8. The number of aliphatic hydroxyl groups is 1. The van der Waals surface area contributed by atoms with Gasteiger partial charge in [-0.15, -0.1) is 0 Å². The molecule has 8 heteroatoms. The van der Waals surface area contributed by atoms with E-state index in [9.17, 15) is 18.7 Å². The van der Waals surface area contributed by atoms with Crippen molar-refractivity contribution in [2.45, 2.75) is 65.1 Å². The maximum Gasteiger partial charge on any atom is 0.251 e. The van der Waals surface area contributed by atoms with Gasteiger partial charge in [-0.25, -0.2) is 8.78 Å². The molecule has 0 heterocycles. The van der Waals surface area contributed by atoms with Gasteiger partial charge in [0.1, 0.15) is 16.6 Å². The predicted molar refractivity (Wildman–Crippen MR) is 165 cm³/mol. The SMILES string of the molecule is CCCN(CCC)C(=S)c1cccc(C(=O)N[C@@H](Cc2cc(F)cc(F)c2)[C@H](O)CNCc2cccc(CC)c2)c1. The molecule has 41 heavy (non-hydrogen) atoms. The Labute approximate surface area is 248 Å². The summed E-state index contributed by atoms with van der Waals surface area (Å²) in [5.74, 6) is -1.82. The molecule has 3 rings (SSSR count). The normalized spacial score (nSPS) is 12.5. The number of thiocarbonyl (C=S) groups is 1. The third-order valence-electron chi connectivity index (χ3n) is 6.89. The van der Waals surface area contributed by atoms with Crippen molar-refractivity contribution in [2.75, 3.05) is 19.6 Å². The quantitative estimate of drug-likeness (QED) is 0.198. The molecule has 2 atom stereocenters. The highest BCUT2D eigenvalue weighted by Crippen LogP contribution is 2.15. The maximum absolute atomic E-state index is 13.9. The molecule has 5 nitrogen and oxygen atoms in total. The summed E-state index contributed by atoms with van der Waals surface area (Å²) in [7, 11) is 0. The zero-order valence-corrected chi connectivity index (χ0v) is 24.9. The van der Waals surface area contributed by atoms with Crippen molar-refractivity contribution in [3.8, 4) is 0 Å². The van der Waals surface area contributed by atoms with E-state index in [4.69, 9.17) is 12.2 Å². The number of benzene rings is 3. The molecule has 0 bridgehead atoms. The van der Waals surface area contributed by atoms with Crippen LogP contribution in [-0.4, -0.2) is 52.7 Å². The molecule has 3 N–H and O–H groups in total. The first-order valence-electron chi connectivity index (χ1n) is 14.4. The third-order valence-corrected chi connectivity index (χ3v) is 7.38. The summed E-state index contributed by atoms with van der Waals surface area (Å²) in [6, 6.07) is 17.7. The Morgan fingerprint density at radius 1 is 0.878 bits per heavy atom. The number of carbonyl (C=O) groups is 1. The number of rotatable bonds is 15. The van der Waals surface area contributed by atoms with E-state index in [-0.39, 0.29) is 13.0 Å². The molecule has 3 aromatic rings. The lowest BCUT2D eigenvalue weighted by molar-refractivity contribution is 0.0830. The second-order valence-electron chi connectivity index (χ2n) is 10.3. The van der Waals surface area contributed by atoms with Gasteiger partial charge in [-0.1, -0.05) is 69.4 Å². The number of nitrogens with one attached hydrogen (secondary N) is 2. The van der Waals surface area contributed by atoms with Crippen molar-refractivity contribution in [1.29, 1.82) is 0 Å². The van der Waals surface area contributed by atoms with E-state index in [1.165, 1.54) is 17.7 Å². The largest absolute Gasteiger partial charge is 0.390 e. The minimum atomic E-state index is -1.02. The second-order valence-corrected chi connectivity index (χ2v) is 10.7. The van der Waals surface area contributed by atoms with Crippen LogP contribution in [0.1, 0.15) is 66.2 Å². The topological polar surface area (TPSA) is 64.6 Å². The van der Waals surface area contributed by atoms with Crippen molar-refractivity contribution in [3.63, 3.8) is 0 Å². The van der Waals surface area contributed by atoms with Gasteiger partial charge in [-0.05, 0) is 66.6 Å². The summed E-state index contributed by atoms with van der Waals surface area (Å²) >= 11 is 5.74. The highest BCUT2D eigenvalue weighted by Gasteiger charge is 2.23. The second kappa shape index (κ2) is 16.3. The Morgan fingerprint density at radius 3 is 2.17 bits per heavy atom. The fourth-order valence-electron chi connectivity index (χ4n) is 4.81. The molecule has 3 aromatic carbocycles. The van der Waals surface area contributed by atoms with Gasteiger partial charge in [-0.3, -0.25) is 4.79 Å². The molecule has 1 amide bonds. The van der Waals surface area contributed by atoms with Gasteiger partial charge in [0.05, 0.1) is 12.1 Å². The van der Waals surface area contributed by atoms with Gasteiger partial charge in [0.15, 0.2) is 0 Å². The van der Waals surface area contributed by atoms with Crippen molar-refractivity contribution < 1.29 is 18.7 Å². The number of hydrogen-bond acceptors (Lipinski definition) is 4. The van der Waals surface area contributed by atoms with Gasteiger partial charge < -0.3 is 20.6 Å². The van der Waals surface area contributed by atoms with Crippen LogP contribution in [0.3, 0.4) is 0 Å². The van der Waals surface area contributed by atoms with Crippen LogP contribution in [0.25, 0.3) is 0 Å². The lowest BCUT2D eigenvalue weighted by Crippen LogP contribution is -2.48. The number of nitrogens with zero attached hydrogens (tertiary/aromatic N) is 1. The number of hydrogen-bond donors (Lipinski definition) is 3. The Morgan fingerprint density at radius 2 is 1.51 bits per heavy atom. The zero-order chi connectivity index (χ0) is 29.8. The first-order chi connectivity index (χ1) is 19.7. The van der Waals surface area contributed by atoms with Crippen molar-refractivity contribution in [2.24, 2.45) is 0 Å². The molecule has 0 saturated heterocycles. The van der Waals surface area contributed by atoms with Crippen LogP contribution in [0.5, 0.6) is 0 Å². The van der Waals surface area contributed by atoms with Crippen molar-refractivity contribution >= 4 is 23.1 Å². The number of halogens is 2. The molecule has 0 unspecified atom stereocenters. The molecular weight excluding hydrogens is 540 g/mol. The summed E-state index contributed by atoms with van der Waals surface area (Å²) < 4.78 is 27.9. The van der Waals surface area contributed by atoms with Crippen LogP contribution < -0.4 is 10.6 Å². The van der Waals surface area contributed by atoms with Gasteiger partial charge >= 0.3 is 0 Å². The average molecular weight is 582 g/mol. The third kappa shape index (κ3) is 9.99. The minimum absolute atomic E-state index is 0.0491. The predicted octanol–water partition coefficient (Wildman–Crippen LogP) is 5.82. The fourth-order valence-corrected chi connectivity index (χ4v) is 5.12. The average Bonchev–Trinajstić information content (AvgIpc) is 2.96. The van der Waals surface area contributed by atoms with E-state index < -0.39 is 29.7 Å². The smallest absolute Gasteiger partial charge is 0.251 e. The highest BCUT2D eigenvalue weighted by molar-refractivity contribution is 7.80. The van der Waals surface area contributed by atoms with Crippen LogP contribution in [0.2, 0.25) is 0 Å². The summed E-state index contributed by atoms with van der Waals surface area (Å²) in [5.41, 5.74) is 3.81. The molecule has 0 radical (unpaired) electrons. The van der Waals surface area contributed by atoms with E-state index in [1.54, 1.807) is 18.2 Å².